The van der Waals surface area contributed by atoms with E-state index in [1.54, 1.807) is 24.5 Å². The number of nitrogens with zero attached hydrogens (tertiary/aromatic N) is 2. The molecule has 0 spiro atoms. The van der Waals surface area contributed by atoms with Gasteiger partial charge in [-0.25, -0.2) is 0 Å². The number of pyridine rings is 1. The van der Waals surface area contributed by atoms with Gasteiger partial charge in [0.05, 0.1) is 4.88 Å². The minimum Gasteiger partial charge on any atom is -0.348 e. The van der Waals surface area contributed by atoms with Crippen molar-refractivity contribution in [1.29, 1.82) is 0 Å². The lowest BCUT2D eigenvalue weighted by molar-refractivity contribution is 0.0698. The summed E-state index contributed by atoms with van der Waals surface area (Å²) in [4.78, 5) is 31.2. The Bertz CT molecular complexity index is 691. The van der Waals surface area contributed by atoms with Gasteiger partial charge in [0.15, 0.2) is 0 Å². The number of amides is 2. The Morgan fingerprint density at radius 1 is 1.22 bits per heavy atom. The highest BCUT2D eigenvalue weighted by molar-refractivity contribution is 7.12. The number of likely N-dealkylation sites (tertiary alicyclic amines) is 1. The number of piperidine rings is 1. The van der Waals surface area contributed by atoms with Crippen molar-refractivity contribution in [2.24, 2.45) is 0 Å². The molecular weight excluding hydrogens is 310 g/mol. The molecule has 2 aromatic heterocycles. The molecule has 6 heteroatoms. The van der Waals surface area contributed by atoms with Gasteiger partial charge in [0.2, 0.25) is 0 Å². The molecule has 1 aliphatic rings. The fraction of sp³-hybridized carbons (Fsp3) is 0.353. The van der Waals surface area contributed by atoms with E-state index in [0.717, 1.165) is 23.3 Å². The zero-order valence-corrected chi connectivity index (χ0v) is 13.8. The second-order valence-corrected chi connectivity index (χ2v) is 6.62. The van der Waals surface area contributed by atoms with Gasteiger partial charge in [0.1, 0.15) is 0 Å². The average Bonchev–Trinajstić information content (AvgIpc) is 3.02. The van der Waals surface area contributed by atoms with Crippen molar-refractivity contribution in [3.05, 3.63) is 52.0 Å². The zero-order valence-electron chi connectivity index (χ0n) is 13.0. The molecule has 3 heterocycles. The fourth-order valence-corrected chi connectivity index (χ4v) is 3.59. The van der Waals surface area contributed by atoms with Crippen molar-refractivity contribution >= 4 is 23.2 Å². The predicted molar refractivity (Wildman–Crippen MR) is 89.7 cm³/mol. The van der Waals surface area contributed by atoms with Crippen LogP contribution in [-0.4, -0.2) is 40.8 Å². The number of aryl methyl sites for hydroxylation is 1. The van der Waals surface area contributed by atoms with Crippen molar-refractivity contribution in [1.82, 2.24) is 15.2 Å². The van der Waals surface area contributed by atoms with E-state index in [4.69, 9.17) is 0 Å². The highest BCUT2D eigenvalue weighted by Gasteiger charge is 2.25. The molecule has 23 heavy (non-hydrogen) atoms. The number of thiophene rings is 1. The van der Waals surface area contributed by atoms with Crippen LogP contribution in [0, 0.1) is 6.92 Å². The van der Waals surface area contributed by atoms with Crippen LogP contribution in [0.3, 0.4) is 0 Å². The summed E-state index contributed by atoms with van der Waals surface area (Å²) >= 11 is 1.47. The van der Waals surface area contributed by atoms with Crippen molar-refractivity contribution in [3.8, 4) is 0 Å². The molecule has 0 unspecified atom stereocenters. The van der Waals surface area contributed by atoms with Gasteiger partial charge < -0.3 is 10.2 Å². The van der Waals surface area contributed by atoms with E-state index in [0.29, 0.717) is 18.7 Å². The molecule has 0 atom stereocenters. The van der Waals surface area contributed by atoms with Crippen LogP contribution in [-0.2, 0) is 0 Å². The van der Waals surface area contributed by atoms with Gasteiger partial charge in [-0.2, -0.15) is 0 Å². The van der Waals surface area contributed by atoms with Crippen molar-refractivity contribution in [2.45, 2.75) is 25.8 Å². The molecule has 120 valence electrons. The van der Waals surface area contributed by atoms with Crippen LogP contribution in [0.1, 0.15) is 38.4 Å². The van der Waals surface area contributed by atoms with Gasteiger partial charge in [0.25, 0.3) is 11.8 Å². The first-order valence-electron chi connectivity index (χ1n) is 7.69. The average molecular weight is 329 g/mol. The van der Waals surface area contributed by atoms with Crippen molar-refractivity contribution in [3.63, 3.8) is 0 Å². The molecule has 1 fully saturated rings. The molecule has 2 amide bonds. The van der Waals surface area contributed by atoms with E-state index >= 15 is 0 Å². The molecular formula is C17H19N3O2S. The van der Waals surface area contributed by atoms with Crippen LogP contribution in [0.4, 0.5) is 0 Å². The van der Waals surface area contributed by atoms with Gasteiger partial charge in [0, 0.05) is 37.1 Å². The number of carbonyl (C=O) groups is 2. The molecule has 1 N–H and O–H groups in total. The molecule has 3 rings (SSSR count). The summed E-state index contributed by atoms with van der Waals surface area (Å²) in [6.07, 6.45) is 4.83. The number of hydrogen-bond donors (Lipinski definition) is 1. The fourth-order valence-electron chi connectivity index (χ4n) is 2.76. The van der Waals surface area contributed by atoms with Crippen molar-refractivity contribution in [2.75, 3.05) is 13.1 Å². The molecule has 5 nitrogen and oxygen atoms in total. The first kappa shape index (κ1) is 15.7. The Kier molecular flexibility index (Phi) is 4.71. The molecule has 0 saturated carbocycles. The van der Waals surface area contributed by atoms with E-state index in [1.807, 2.05) is 23.3 Å². The van der Waals surface area contributed by atoms with E-state index in [-0.39, 0.29) is 17.9 Å². The maximum atomic E-state index is 12.4. The third kappa shape index (κ3) is 3.59. The second kappa shape index (κ2) is 6.91. The van der Waals surface area contributed by atoms with E-state index in [2.05, 4.69) is 10.3 Å². The van der Waals surface area contributed by atoms with Crippen LogP contribution in [0.2, 0.25) is 0 Å². The van der Waals surface area contributed by atoms with E-state index < -0.39 is 0 Å². The summed E-state index contributed by atoms with van der Waals surface area (Å²) in [5, 5.41) is 5.02. The number of carbonyl (C=O) groups excluding carboxylic acids is 2. The molecule has 0 radical (unpaired) electrons. The molecule has 0 aromatic carbocycles. The third-order valence-electron chi connectivity index (χ3n) is 4.11. The SMILES string of the molecule is Cc1ccsc1C(=O)NC1CCN(C(=O)c2ccncc2)CC1. The lowest BCUT2D eigenvalue weighted by Gasteiger charge is -2.32. The summed E-state index contributed by atoms with van der Waals surface area (Å²) in [5.41, 5.74) is 1.68. The Hall–Kier alpha value is -2.21. The topological polar surface area (TPSA) is 62.3 Å². The summed E-state index contributed by atoms with van der Waals surface area (Å²) in [5.74, 6) is 0.0303. The minimum absolute atomic E-state index is 0.00332. The smallest absolute Gasteiger partial charge is 0.261 e. The number of nitrogens with one attached hydrogen (secondary N) is 1. The van der Waals surface area contributed by atoms with Gasteiger partial charge in [-0.3, -0.25) is 14.6 Å². The lowest BCUT2D eigenvalue weighted by atomic mass is 10.0. The van der Waals surface area contributed by atoms with Gasteiger partial charge in [-0.05, 0) is 48.9 Å². The molecule has 2 aromatic rings. The Labute approximate surface area is 139 Å². The number of rotatable bonds is 3. The first-order valence-corrected chi connectivity index (χ1v) is 8.57. The minimum atomic E-state index is -0.00332. The summed E-state index contributed by atoms with van der Waals surface area (Å²) in [7, 11) is 0. The van der Waals surface area contributed by atoms with Gasteiger partial charge in [-0.1, -0.05) is 0 Å². The molecule has 1 saturated heterocycles. The molecule has 0 aliphatic carbocycles. The van der Waals surface area contributed by atoms with Gasteiger partial charge in [-0.15, -0.1) is 11.3 Å². The van der Waals surface area contributed by atoms with E-state index in [9.17, 15) is 9.59 Å². The summed E-state index contributed by atoms with van der Waals surface area (Å²) < 4.78 is 0. The predicted octanol–water partition coefficient (Wildman–Crippen LogP) is 2.49. The summed E-state index contributed by atoms with van der Waals surface area (Å²) in [6.45, 7) is 3.27. The standard InChI is InChI=1S/C17H19N3O2S/c1-12-6-11-23-15(12)16(21)19-14-4-9-20(10-5-14)17(22)13-2-7-18-8-3-13/h2-3,6-8,11,14H,4-5,9-10H2,1H3,(H,19,21). The Balaban J connectivity index is 1.54. The van der Waals surface area contributed by atoms with Crippen molar-refractivity contribution < 1.29 is 9.59 Å². The Morgan fingerprint density at radius 3 is 2.52 bits per heavy atom. The maximum absolute atomic E-state index is 12.4. The highest BCUT2D eigenvalue weighted by Crippen LogP contribution is 2.18. The maximum Gasteiger partial charge on any atom is 0.261 e. The molecule has 1 aliphatic heterocycles. The van der Waals surface area contributed by atoms with Gasteiger partial charge >= 0.3 is 0 Å². The monoisotopic (exact) mass is 329 g/mol. The number of hydrogen-bond acceptors (Lipinski definition) is 4. The lowest BCUT2D eigenvalue weighted by Crippen LogP contribution is -2.46. The highest BCUT2D eigenvalue weighted by atomic mass is 32.1. The quantitative estimate of drug-likeness (QED) is 0.941. The zero-order chi connectivity index (χ0) is 16.2. The van der Waals surface area contributed by atoms with Crippen LogP contribution in [0.25, 0.3) is 0 Å². The van der Waals surface area contributed by atoms with Crippen LogP contribution >= 0.6 is 11.3 Å². The second-order valence-electron chi connectivity index (χ2n) is 5.71. The van der Waals surface area contributed by atoms with Crippen LogP contribution in [0.15, 0.2) is 36.0 Å². The molecule has 0 bridgehead atoms. The first-order chi connectivity index (χ1) is 11.1. The van der Waals surface area contributed by atoms with Crippen LogP contribution in [0.5, 0.6) is 0 Å². The third-order valence-corrected chi connectivity index (χ3v) is 5.13. The van der Waals surface area contributed by atoms with Crippen LogP contribution < -0.4 is 5.32 Å². The normalized spacial score (nSPS) is 15.4. The van der Waals surface area contributed by atoms with E-state index in [1.165, 1.54) is 11.3 Å². The Morgan fingerprint density at radius 2 is 1.91 bits per heavy atom. The largest absolute Gasteiger partial charge is 0.348 e. The summed E-state index contributed by atoms with van der Waals surface area (Å²) in [6, 6.07) is 5.55. The number of aromatic nitrogens is 1.